The summed E-state index contributed by atoms with van der Waals surface area (Å²) in [4.78, 5) is 12.8. The number of likely N-dealkylation sites (N-methyl/N-ethyl adjacent to an activating group) is 1. The molecule has 3 N–H and O–H groups in total. The minimum absolute atomic E-state index is 0.227. The topological polar surface area (TPSA) is 87.7 Å². The lowest BCUT2D eigenvalue weighted by atomic mass is 10.2. The van der Waals surface area contributed by atoms with Gasteiger partial charge in [0, 0.05) is 32.3 Å². The van der Waals surface area contributed by atoms with Gasteiger partial charge >= 0.3 is 0 Å². The number of ether oxygens (including phenoxy) is 1. The number of anilines is 2. The molecule has 1 aliphatic heterocycles. The SMILES string of the molecule is COCc1nc(N)cc(N2CC(O)CC2CN(C)C)n1. The highest BCUT2D eigenvalue weighted by atomic mass is 16.5. The molecule has 7 heteroatoms. The molecule has 2 atom stereocenters. The summed E-state index contributed by atoms with van der Waals surface area (Å²) in [6.07, 6.45) is 0.406. The van der Waals surface area contributed by atoms with Crippen molar-refractivity contribution in [2.24, 2.45) is 0 Å². The molecule has 0 bridgehead atoms. The molecular formula is C13H23N5O2. The number of aromatic nitrogens is 2. The first kappa shape index (κ1) is 15.0. The molecule has 0 radical (unpaired) electrons. The molecule has 2 rings (SSSR count). The summed E-state index contributed by atoms with van der Waals surface area (Å²) in [6.45, 7) is 1.76. The molecular weight excluding hydrogens is 258 g/mol. The molecule has 1 fully saturated rings. The molecule has 0 saturated carbocycles. The zero-order valence-corrected chi connectivity index (χ0v) is 12.3. The Morgan fingerprint density at radius 2 is 2.25 bits per heavy atom. The molecule has 0 spiro atoms. The Kier molecular flexibility index (Phi) is 4.74. The van der Waals surface area contributed by atoms with Crippen LogP contribution in [-0.2, 0) is 11.3 Å². The number of β-amino-alcohol motifs (C(OH)–C–C–N with tert-alkyl or cyclic N) is 1. The van der Waals surface area contributed by atoms with Crippen LogP contribution in [0.1, 0.15) is 12.2 Å². The number of rotatable bonds is 5. The maximum atomic E-state index is 9.93. The van der Waals surface area contributed by atoms with E-state index >= 15 is 0 Å². The van der Waals surface area contributed by atoms with Gasteiger partial charge in [0.15, 0.2) is 5.82 Å². The van der Waals surface area contributed by atoms with Crippen molar-refractivity contribution in [3.05, 3.63) is 11.9 Å². The molecule has 1 aromatic rings. The first-order valence-electron chi connectivity index (χ1n) is 6.71. The van der Waals surface area contributed by atoms with Gasteiger partial charge in [-0.2, -0.15) is 0 Å². The molecule has 2 unspecified atom stereocenters. The number of hydrogen-bond donors (Lipinski definition) is 2. The predicted molar refractivity (Wildman–Crippen MR) is 77.5 cm³/mol. The summed E-state index contributed by atoms with van der Waals surface area (Å²) in [6, 6.07) is 1.98. The monoisotopic (exact) mass is 281 g/mol. The summed E-state index contributed by atoms with van der Waals surface area (Å²) in [5, 5.41) is 9.93. The smallest absolute Gasteiger partial charge is 0.158 e. The second-order valence-electron chi connectivity index (χ2n) is 5.46. The van der Waals surface area contributed by atoms with Crippen LogP contribution < -0.4 is 10.6 Å². The zero-order valence-electron chi connectivity index (χ0n) is 12.3. The summed E-state index contributed by atoms with van der Waals surface area (Å²) >= 11 is 0. The highest BCUT2D eigenvalue weighted by Gasteiger charge is 2.32. The number of aliphatic hydroxyl groups excluding tert-OH is 1. The second kappa shape index (κ2) is 6.34. The van der Waals surface area contributed by atoms with E-state index in [-0.39, 0.29) is 12.1 Å². The third-order valence-corrected chi connectivity index (χ3v) is 3.31. The highest BCUT2D eigenvalue weighted by molar-refractivity contribution is 5.49. The van der Waals surface area contributed by atoms with Crippen LogP contribution in [0.25, 0.3) is 0 Å². The van der Waals surface area contributed by atoms with E-state index in [1.54, 1.807) is 13.2 Å². The molecule has 7 nitrogen and oxygen atoms in total. The Balaban J connectivity index is 2.23. The van der Waals surface area contributed by atoms with Crippen LogP contribution in [0, 0.1) is 0 Å². The first-order chi connectivity index (χ1) is 9.49. The lowest BCUT2D eigenvalue weighted by Crippen LogP contribution is -2.38. The van der Waals surface area contributed by atoms with Crippen LogP contribution in [0.15, 0.2) is 6.07 Å². The Bertz CT molecular complexity index is 454. The standard InChI is InChI=1S/C13H23N5O2/c1-17(2)6-9-4-10(19)7-18(9)13-5-11(14)15-12(16-13)8-20-3/h5,9-10,19H,4,6-8H2,1-3H3,(H2,14,15,16). The van der Waals surface area contributed by atoms with E-state index in [0.717, 1.165) is 18.8 Å². The van der Waals surface area contributed by atoms with E-state index in [9.17, 15) is 5.11 Å². The quantitative estimate of drug-likeness (QED) is 0.766. The van der Waals surface area contributed by atoms with Crippen LogP contribution in [0.5, 0.6) is 0 Å². The van der Waals surface area contributed by atoms with Crippen molar-refractivity contribution >= 4 is 11.6 Å². The van der Waals surface area contributed by atoms with Crippen molar-refractivity contribution in [3.63, 3.8) is 0 Å². The zero-order chi connectivity index (χ0) is 14.7. The number of aliphatic hydroxyl groups is 1. The van der Waals surface area contributed by atoms with Crippen LogP contribution in [-0.4, -0.2) is 66.4 Å². The fourth-order valence-corrected chi connectivity index (χ4v) is 2.61. The van der Waals surface area contributed by atoms with E-state index in [0.29, 0.717) is 24.8 Å². The Labute approximate surface area is 119 Å². The van der Waals surface area contributed by atoms with Gasteiger partial charge in [0.2, 0.25) is 0 Å². The minimum Gasteiger partial charge on any atom is -0.391 e. The van der Waals surface area contributed by atoms with Gasteiger partial charge in [0.1, 0.15) is 18.2 Å². The molecule has 1 aliphatic rings. The van der Waals surface area contributed by atoms with E-state index < -0.39 is 0 Å². The minimum atomic E-state index is -0.331. The van der Waals surface area contributed by atoms with Crippen molar-refractivity contribution in [1.29, 1.82) is 0 Å². The molecule has 0 aliphatic carbocycles. The fourth-order valence-electron chi connectivity index (χ4n) is 2.61. The molecule has 1 saturated heterocycles. The number of methoxy groups -OCH3 is 1. The molecule has 0 aromatic carbocycles. The summed E-state index contributed by atoms with van der Waals surface area (Å²) in [5.74, 6) is 1.74. The predicted octanol–water partition coefficient (Wildman–Crippen LogP) is -0.294. The largest absolute Gasteiger partial charge is 0.391 e. The van der Waals surface area contributed by atoms with Gasteiger partial charge in [-0.3, -0.25) is 0 Å². The Hall–Kier alpha value is -1.44. The maximum absolute atomic E-state index is 9.93. The van der Waals surface area contributed by atoms with Crippen LogP contribution in [0.2, 0.25) is 0 Å². The number of nitrogens with two attached hydrogens (primary N) is 1. The van der Waals surface area contributed by atoms with Crippen LogP contribution in [0.3, 0.4) is 0 Å². The van der Waals surface area contributed by atoms with E-state index in [4.69, 9.17) is 10.5 Å². The third kappa shape index (κ3) is 3.56. The van der Waals surface area contributed by atoms with Crippen molar-refractivity contribution < 1.29 is 9.84 Å². The number of hydrogen-bond acceptors (Lipinski definition) is 7. The summed E-state index contributed by atoms with van der Waals surface area (Å²) < 4.78 is 5.06. The number of nitrogen functional groups attached to an aromatic ring is 1. The molecule has 112 valence electrons. The molecule has 0 amide bonds. The van der Waals surface area contributed by atoms with Gasteiger partial charge in [-0.05, 0) is 20.5 Å². The lowest BCUT2D eigenvalue weighted by molar-refractivity contribution is 0.178. The van der Waals surface area contributed by atoms with E-state index in [1.165, 1.54) is 0 Å². The molecule has 20 heavy (non-hydrogen) atoms. The average Bonchev–Trinajstić information content (AvgIpc) is 2.69. The Morgan fingerprint density at radius 1 is 1.50 bits per heavy atom. The normalized spacial score (nSPS) is 22.8. The van der Waals surface area contributed by atoms with Crippen molar-refractivity contribution in [3.8, 4) is 0 Å². The summed E-state index contributed by atoms with van der Waals surface area (Å²) in [7, 11) is 5.64. The van der Waals surface area contributed by atoms with E-state index in [1.807, 2.05) is 14.1 Å². The third-order valence-electron chi connectivity index (χ3n) is 3.31. The van der Waals surface area contributed by atoms with Gasteiger partial charge < -0.3 is 25.4 Å². The number of nitrogens with zero attached hydrogens (tertiary/aromatic N) is 4. The maximum Gasteiger partial charge on any atom is 0.158 e. The van der Waals surface area contributed by atoms with E-state index in [2.05, 4.69) is 19.8 Å². The van der Waals surface area contributed by atoms with Crippen molar-refractivity contribution in [2.45, 2.75) is 25.2 Å². The van der Waals surface area contributed by atoms with Gasteiger partial charge in [0.05, 0.1) is 6.10 Å². The van der Waals surface area contributed by atoms with Gasteiger partial charge in [0.25, 0.3) is 0 Å². The molecule has 2 heterocycles. The summed E-state index contributed by atoms with van der Waals surface area (Å²) in [5.41, 5.74) is 5.83. The van der Waals surface area contributed by atoms with Crippen molar-refractivity contribution in [2.75, 3.05) is 44.9 Å². The second-order valence-corrected chi connectivity index (χ2v) is 5.46. The fraction of sp³-hybridized carbons (Fsp3) is 0.692. The van der Waals surface area contributed by atoms with Gasteiger partial charge in [-0.25, -0.2) is 9.97 Å². The molecule has 1 aromatic heterocycles. The average molecular weight is 281 g/mol. The Morgan fingerprint density at radius 3 is 2.90 bits per heavy atom. The first-order valence-corrected chi connectivity index (χ1v) is 6.71. The lowest BCUT2D eigenvalue weighted by Gasteiger charge is -2.28. The van der Waals surface area contributed by atoms with Crippen LogP contribution in [0.4, 0.5) is 11.6 Å². The van der Waals surface area contributed by atoms with Gasteiger partial charge in [-0.15, -0.1) is 0 Å². The van der Waals surface area contributed by atoms with Crippen molar-refractivity contribution in [1.82, 2.24) is 14.9 Å². The highest BCUT2D eigenvalue weighted by Crippen LogP contribution is 2.25. The van der Waals surface area contributed by atoms with Crippen LogP contribution >= 0.6 is 0 Å². The van der Waals surface area contributed by atoms with Gasteiger partial charge in [-0.1, -0.05) is 0 Å².